The SMILES string of the molecule is C.O=C(O)c1ccc(Nc2ncc3c(n2)-c2ccc(Br)cc2C(c2c(F)cccc2F)=NC3)cc1. The molecule has 1 aliphatic rings. The Bertz CT molecular complexity index is 1450. The fourth-order valence-corrected chi connectivity index (χ4v) is 4.11. The molecule has 2 N–H and O–H groups in total. The second-order valence-corrected chi connectivity index (χ2v) is 8.44. The average molecular weight is 537 g/mol. The highest BCUT2D eigenvalue weighted by Crippen LogP contribution is 2.34. The van der Waals surface area contributed by atoms with Crippen LogP contribution in [0.3, 0.4) is 0 Å². The van der Waals surface area contributed by atoms with Gasteiger partial charge < -0.3 is 10.4 Å². The Morgan fingerprint density at radius 2 is 1.71 bits per heavy atom. The van der Waals surface area contributed by atoms with Gasteiger partial charge in [-0.2, -0.15) is 0 Å². The van der Waals surface area contributed by atoms with E-state index in [0.29, 0.717) is 28.1 Å². The number of rotatable bonds is 4. The summed E-state index contributed by atoms with van der Waals surface area (Å²) in [4.78, 5) is 24.6. The van der Waals surface area contributed by atoms with Gasteiger partial charge in [0.05, 0.1) is 29.1 Å². The smallest absolute Gasteiger partial charge is 0.335 e. The third kappa shape index (κ3) is 4.67. The summed E-state index contributed by atoms with van der Waals surface area (Å²) in [7, 11) is 0. The monoisotopic (exact) mass is 536 g/mol. The molecule has 4 aromatic rings. The summed E-state index contributed by atoms with van der Waals surface area (Å²) in [5.41, 5.74) is 3.25. The van der Waals surface area contributed by atoms with Crippen molar-refractivity contribution in [3.63, 3.8) is 0 Å². The number of carboxylic acids is 1. The quantitative estimate of drug-likeness (QED) is 0.306. The van der Waals surface area contributed by atoms with E-state index >= 15 is 0 Å². The molecule has 6 nitrogen and oxygen atoms in total. The molecule has 0 amide bonds. The summed E-state index contributed by atoms with van der Waals surface area (Å²) in [5.74, 6) is -2.13. The van der Waals surface area contributed by atoms with Gasteiger partial charge in [-0.3, -0.25) is 4.99 Å². The van der Waals surface area contributed by atoms with Gasteiger partial charge in [0.1, 0.15) is 11.6 Å². The van der Waals surface area contributed by atoms with Gasteiger partial charge >= 0.3 is 5.97 Å². The number of hydrogen-bond acceptors (Lipinski definition) is 5. The first-order valence-corrected chi connectivity index (χ1v) is 11.0. The van der Waals surface area contributed by atoms with E-state index in [1.807, 2.05) is 12.1 Å². The molecule has 3 aromatic carbocycles. The lowest BCUT2D eigenvalue weighted by Crippen LogP contribution is -2.10. The highest BCUT2D eigenvalue weighted by molar-refractivity contribution is 9.10. The average Bonchev–Trinajstić information content (AvgIpc) is 2.96. The second-order valence-electron chi connectivity index (χ2n) is 7.53. The molecule has 5 rings (SSSR count). The summed E-state index contributed by atoms with van der Waals surface area (Å²) in [6.07, 6.45) is 1.62. The third-order valence-electron chi connectivity index (χ3n) is 5.35. The predicted octanol–water partition coefficient (Wildman–Crippen LogP) is 6.61. The molecule has 0 radical (unpaired) electrons. The van der Waals surface area contributed by atoms with Crippen molar-refractivity contribution in [1.29, 1.82) is 0 Å². The number of fused-ring (bicyclic) bond motifs is 3. The van der Waals surface area contributed by atoms with E-state index < -0.39 is 17.6 Å². The molecular weight excluding hydrogens is 518 g/mol. The van der Waals surface area contributed by atoms with Crippen LogP contribution in [-0.2, 0) is 6.54 Å². The van der Waals surface area contributed by atoms with Crippen molar-refractivity contribution in [2.45, 2.75) is 14.0 Å². The van der Waals surface area contributed by atoms with Crippen LogP contribution in [-0.4, -0.2) is 26.8 Å². The number of nitrogens with one attached hydrogen (secondary N) is 1. The fourth-order valence-electron chi connectivity index (χ4n) is 3.75. The van der Waals surface area contributed by atoms with Crippen molar-refractivity contribution >= 4 is 39.2 Å². The molecule has 0 saturated carbocycles. The number of aromatic nitrogens is 2. The van der Waals surface area contributed by atoms with Crippen molar-refractivity contribution in [2.24, 2.45) is 4.99 Å². The van der Waals surface area contributed by atoms with Gasteiger partial charge in [0, 0.05) is 33.0 Å². The van der Waals surface area contributed by atoms with Crippen molar-refractivity contribution in [1.82, 2.24) is 9.97 Å². The zero-order valence-corrected chi connectivity index (χ0v) is 19.0. The second kappa shape index (κ2) is 9.71. The molecule has 35 heavy (non-hydrogen) atoms. The van der Waals surface area contributed by atoms with Crippen LogP contribution in [0.4, 0.5) is 20.4 Å². The number of carbonyl (C=O) groups is 1. The first kappa shape index (κ1) is 24.2. The maximum atomic E-state index is 14.7. The van der Waals surface area contributed by atoms with Gasteiger partial charge in [0.15, 0.2) is 0 Å². The van der Waals surface area contributed by atoms with Crippen LogP contribution >= 0.6 is 15.9 Å². The lowest BCUT2D eigenvalue weighted by atomic mass is 9.95. The number of anilines is 2. The number of aliphatic imine (C=N–C) groups is 1. The van der Waals surface area contributed by atoms with E-state index in [1.165, 1.54) is 30.3 Å². The minimum absolute atomic E-state index is 0. The van der Waals surface area contributed by atoms with E-state index in [9.17, 15) is 13.6 Å². The van der Waals surface area contributed by atoms with Gasteiger partial charge in [-0.05, 0) is 48.5 Å². The summed E-state index contributed by atoms with van der Waals surface area (Å²) in [6.45, 7) is 0.137. The molecule has 2 heterocycles. The molecule has 0 unspecified atom stereocenters. The molecule has 1 aliphatic heterocycles. The van der Waals surface area contributed by atoms with E-state index in [2.05, 4.69) is 36.2 Å². The number of carboxylic acid groups (broad SMARTS) is 1. The Kier molecular flexibility index (Phi) is 6.70. The molecule has 0 fully saturated rings. The summed E-state index contributed by atoms with van der Waals surface area (Å²) in [6, 6.07) is 15.3. The number of benzene rings is 3. The Morgan fingerprint density at radius 3 is 2.40 bits per heavy atom. The highest BCUT2D eigenvalue weighted by Gasteiger charge is 2.25. The first-order valence-electron chi connectivity index (χ1n) is 10.2. The molecule has 176 valence electrons. The van der Waals surface area contributed by atoms with Crippen LogP contribution in [0.15, 0.2) is 76.3 Å². The summed E-state index contributed by atoms with van der Waals surface area (Å²) in [5, 5.41) is 12.1. The molecule has 0 aliphatic carbocycles. The van der Waals surface area contributed by atoms with Crippen molar-refractivity contribution in [3.8, 4) is 11.3 Å². The van der Waals surface area contributed by atoms with Gasteiger partial charge in [-0.1, -0.05) is 35.5 Å². The zero-order chi connectivity index (χ0) is 23.8. The number of halogens is 3. The standard InChI is InChI=1S/C25H15BrF2N4O2.CH4/c26-15-6-9-17-18(10-15)23(21-19(27)2-1-3-20(21)28)29-11-14-12-30-25(32-22(14)17)31-16-7-4-13(5-8-16)24(33)34;/h1-10,12H,11H2,(H,33,34)(H,30,31,32);1H4. The fraction of sp³-hybridized carbons (Fsp3) is 0.0769. The molecule has 0 atom stereocenters. The molecule has 0 bridgehead atoms. The van der Waals surface area contributed by atoms with Crippen molar-refractivity contribution < 1.29 is 18.7 Å². The molecular formula is C26H19BrF2N4O2. The minimum Gasteiger partial charge on any atom is -0.478 e. The predicted molar refractivity (Wildman–Crippen MR) is 134 cm³/mol. The molecule has 9 heteroatoms. The number of hydrogen-bond donors (Lipinski definition) is 2. The Balaban J connectivity index is 0.00000289. The molecule has 1 aromatic heterocycles. The van der Waals surface area contributed by atoms with Crippen LogP contribution in [0.25, 0.3) is 11.3 Å². The zero-order valence-electron chi connectivity index (χ0n) is 17.4. The third-order valence-corrected chi connectivity index (χ3v) is 5.84. The van der Waals surface area contributed by atoms with E-state index in [0.717, 1.165) is 4.47 Å². The molecule has 0 saturated heterocycles. The topological polar surface area (TPSA) is 87.5 Å². The maximum Gasteiger partial charge on any atom is 0.335 e. The van der Waals surface area contributed by atoms with Crippen molar-refractivity contribution in [2.75, 3.05) is 5.32 Å². The van der Waals surface area contributed by atoms with Crippen molar-refractivity contribution in [3.05, 3.63) is 105 Å². The number of aromatic carboxylic acids is 1. The van der Waals surface area contributed by atoms with Gasteiger partial charge in [-0.15, -0.1) is 0 Å². The Morgan fingerprint density at radius 1 is 1.00 bits per heavy atom. The normalized spacial score (nSPS) is 11.9. The van der Waals surface area contributed by atoms with E-state index in [4.69, 9.17) is 5.11 Å². The van der Waals surface area contributed by atoms with Crippen LogP contribution in [0.1, 0.15) is 34.5 Å². The van der Waals surface area contributed by atoms with Gasteiger partial charge in [0.25, 0.3) is 0 Å². The van der Waals surface area contributed by atoms with Gasteiger partial charge in [0.2, 0.25) is 5.95 Å². The largest absolute Gasteiger partial charge is 0.478 e. The minimum atomic E-state index is -1.02. The Labute approximate surface area is 208 Å². The van der Waals surface area contributed by atoms with Crippen LogP contribution < -0.4 is 5.32 Å². The lowest BCUT2D eigenvalue weighted by Gasteiger charge is -2.13. The van der Waals surface area contributed by atoms with Crippen LogP contribution in [0, 0.1) is 11.6 Å². The summed E-state index contributed by atoms with van der Waals surface area (Å²) >= 11 is 3.44. The molecule has 0 spiro atoms. The van der Waals surface area contributed by atoms with Crippen LogP contribution in [0.2, 0.25) is 0 Å². The Hall–Kier alpha value is -3.98. The summed E-state index contributed by atoms with van der Waals surface area (Å²) < 4.78 is 30.1. The highest BCUT2D eigenvalue weighted by atomic mass is 79.9. The lowest BCUT2D eigenvalue weighted by molar-refractivity contribution is 0.0697. The maximum absolute atomic E-state index is 14.7. The number of nitrogens with zero attached hydrogens (tertiary/aromatic N) is 3. The van der Waals surface area contributed by atoms with Gasteiger partial charge in [-0.25, -0.2) is 23.5 Å². The van der Waals surface area contributed by atoms with E-state index in [-0.39, 0.29) is 36.8 Å². The van der Waals surface area contributed by atoms with E-state index in [1.54, 1.807) is 24.4 Å². The van der Waals surface area contributed by atoms with Crippen LogP contribution in [0.5, 0.6) is 0 Å². The first-order chi connectivity index (χ1) is 16.4.